The number of amides is 2. The van der Waals surface area contributed by atoms with Gasteiger partial charge >= 0.3 is 0 Å². The fourth-order valence-corrected chi connectivity index (χ4v) is 5.26. The summed E-state index contributed by atoms with van der Waals surface area (Å²) in [7, 11) is 2.08. The van der Waals surface area contributed by atoms with Crippen LogP contribution in [0.25, 0.3) is 22.6 Å². The monoisotopic (exact) mass is 538 g/mol. The van der Waals surface area contributed by atoms with E-state index in [2.05, 4.69) is 34.4 Å². The van der Waals surface area contributed by atoms with Crippen LogP contribution in [-0.4, -0.2) is 92.3 Å². The Morgan fingerprint density at radius 1 is 0.925 bits per heavy atom. The highest BCUT2D eigenvalue weighted by molar-refractivity contribution is 5.95. The molecule has 0 spiro atoms. The van der Waals surface area contributed by atoms with Crippen molar-refractivity contribution in [3.8, 4) is 11.4 Å². The molecule has 40 heavy (non-hydrogen) atoms. The molecule has 2 aliphatic heterocycles. The number of aromatic nitrogens is 4. The van der Waals surface area contributed by atoms with E-state index in [9.17, 15) is 9.59 Å². The normalized spacial score (nSPS) is 16.2. The molecule has 2 aromatic carbocycles. The van der Waals surface area contributed by atoms with Crippen molar-refractivity contribution < 1.29 is 9.59 Å². The second-order valence-electron chi connectivity index (χ2n) is 10.5. The molecule has 2 aliphatic rings. The number of hydrogen-bond donors (Lipinski definition) is 1. The van der Waals surface area contributed by atoms with E-state index in [0.29, 0.717) is 54.4 Å². The van der Waals surface area contributed by atoms with Crippen LogP contribution in [0.15, 0.2) is 60.9 Å². The van der Waals surface area contributed by atoms with Crippen LogP contribution in [-0.2, 0) is 17.9 Å². The van der Waals surface area contributed by atoms with Gasteiger partial charge in [0, 0.05) is 69.9 Å². The van der Waals surface area contributed by atoms with Gasteiger partial charge in [-0.2, -0.15) is 0 Å². The SMILES string of the molecule is CN1CCN(C(=O)c2ccc(-c3nc(NCc4ccccc4)c4ncn(CCN5CCCC5=O)c4n3)cc2)CC1. The summed E-state index contributed by atoms with van der Waals surface area (Å²) in [5.41, 5.74) is 4.02. The Bertz CT molecular complexity index is 1490. The van der Waals surface area contributed by atoms with Crippen molar-refractivity contribution in [3.05, 3.63) is 72.1 Å². The molecule has 2 amide bonds. The molecule has 2 fully saturated rings. The molecule has 10 nitrogen and oxygen atoms in total. The predicted octanol–water partition coefficient (Wildman–Crippen LogP) is 3.12. The van der Waals surface area contributed by atoms with E-state index in [4.69, 9.17) is 9.97 Å². The molecule has 2 saturated heterocycles. The maximum Gasteiger partial charge on any atom is 0.253 e. The van der Waals surface area contributed by atoms with Gasteiger partial charge in [-0.3, -0.25) is 9.59 Å². The molecule has 0 radical (unpaired) electrons. The van der Waals surface area contributed by atoms with Gasteiger partial charge in [-0.05, 0) is 31.2 Å². The smallest absolute Gasteiger partial charge is 0.253 e. The highest BCUT2D eigenvalue weighted by Crippen LogP contribution is 2.26. The molecule has 4 heterocycles. The van der Waals surface area contributed by atoms with Crippen molar-refractivity contribution >= 4 is 28.8 Å². The maximum atomic E-state index is 13.0. The summed E-state index contributed by atoms with van der Waals surface area (Å²) in [6.45, 7) is 5.87. The van der Waals surface area contributed by atoms with Crippen molar-refractivity contribution in [2.75, 3.05) is 51.6 Å². The molecule has 0 aliphatic carbocycles. The molecular formula is C30H34N8O2. The number of imidazole rings is 1. The van der Waals surface area contributed by atoms with Crippen LogP contribution in [0, 0.1) is 0 Å². The zero-order valence-corrected chi connectivity index (χ0v) is 22.8. The largest absolute Gasteiger partial charge is 0.364 e. The molecule has 1 N–H and O–H groups in total. The van der Waals surface area contributed by atoms with Gasteiger partial charge < -0.3 is 24.6 Å². The third-order valence-electron chi connectivity index (χ3n) is 7.73. The molecule has 2 aromatic heterocycles. The van der Waals surface area contributed by atoms with Gasteiger partial charge in [0.25, 0.3) is 5.91 Å². The van der Waals surface area contributed by atoms with Crippen LogP contribution in [0.4, 0.5) is 5.82 Å². The van der Waals surface area contributed by atoms with Crippen LogP contribution in [0.2, 0.25) is 0 Å². The van der Waals surface area contributed by atoms with Crippen LogP contribution < -0.4 is 5.32 Å². The number of nitrogens with zero attached hydrogens (tertiary/aromatic N) is 7. The van der Waals surface area contributed by atoms with Crippen molar-refractivity contribution in [1.82, 2.24) is 34.2 Å². The summed E-state index contributed by atoms with van der Waals surface area (Å²) < 4.78 is 1.99. The first-order valence-electron chi connectivity index (χ1n) is 13.9. The van der Waals surface area contributed by atoms with E-state index in [1.807, 2.05) is 56.8 Å². The van der Waals surface area contributed by atoms with E-state index in [0.717, 1.165) is 50.3 Å². The Morgan fingerprint density at radius 2 is 1.70 bits per heavy atom. The lowest BCUT2D eigenvalue weighted by Crippen LogP contribution is -2.47. The zero-order valence-electron chi connectivity index (χ0n) is 22.8. The van der Waals surface area contributed by atoms with E-state index in [1.165, 1.54) is 0 Å². The summed E-state index contributed by atoms with van der Waals surface area (Å²) in [4.78, 5) is 45.6. The first kappa shape index (κ1) is 25.9. The number of anilines is 1. The van der Waals surface area contributed by atoms with Gasteiger partial charge in [0.2, 0.25) is 5.91 Å². The third kappa shape index (κ3) is 5.53. The highest BCUT2D eigenvalue weighted by Gasteiger charge is 2.22. The molecule has 0 bridgehead atoms. The Kier molecular flexibility index (Phi) is 7.41. The Morgan fingerprint density at radius 3 is 2.42 bits per heavy atom. The number of likely N-dealkylation sites (N-methyl/N-ethyl adjacent to an activating group) is 1. The Labute approximate surface area is 233 Å². The average Bonchev–Trinajstić information content (AvgIpc) is 3.60. The molecule has 6 rings (SSSR count). The van der Waals surface area contributed by atoms with Crippen molar-refractivity contribution in [2.24, 2.45) is 0 Å². The predicted molar refractivity (Wildman–Crippen MR) is 154 cm³/mol. The van der Waals surface area contributed by atoms with Gasteiger partial charge in [0.05, 0.1) is 6.33 Å². The molecule has 4 aromatic rings. The quantitative estimate of drug-likeness (QED) is 0.368. The second-order valence-corrected chi connectivity index (χ2v) is 10.5. The number of rotatable bonds is 8. The molecule has 10 heteroatoms. The van der Waals surface area contributed by atoms with Crippen LogP contribution in [0.5, 0.6) is 0 Å². The number of benzene rings is 2. The number of fused-ring (bicyclic) bond motifs is 1. The number of nitrogens with one attached hydrogen (secondary N) is 1. The summed E-state index contributed by atoms with van der Waals surface area (Å²) in [6.07, 6.45) is 3.31. The first-order valence-corrected chi connectivity index (χ1v) is 13.9. The van der Waals surface area contributed by atoms with Crippen LogP contribution in [0.3, 0.4) is 0 Å². The van der Waals surface area contributed by atoms with E-state index < -0.39 is 0 Å². The van der Waals surface area contributed by atoms with Crippen LogP contribution >= 0.6 is 0 Å². The lowest BCUT2D eigenvalue weighted by atomic mass is 10.1. The summed E-state index contributed by atoms with van der Waals surface area (Å²) in [5.74, 6) is 1.46. The topological polar surface area (TPSA) is 99.5 Å². The number of carbonyl (C=O) groups excluding carboxylic acids is 2. The zero-order chi connectivity index (χ0) is 27.5. The van der Waals surface area contributed by atoms with E-state index in [1.54, 1.807) is 6.33 Å². The minimum atomic E-state index is 0.0516. The molecule has 206 valence electrons. The van der Waals surface area contributed by atoms with Gasteiger partial charge in [0.15, 0.2) is 17.3 Å². The second kappa shape index (κ2) is 11.4. The van der Waals surface area contributed by atoms with Gasteiger partial charge in [-0.1, -0.05) is 42.5 Å². The van der Waals surface area contributed by atoms with Crippen LogP contribution in [0.1, 0.15) is 28.8 Å². The summed E-state index contributed by atoms with van der Waals surface area (Å²) >= 11 is 0. The number of likely N-dealkylation sites (tertiary alicyclic amines) is 1. The van der Waals surface area contributed by atoms with Crippen molar-refractivity contribution in [1.29, 1.82) is 0 Å². The standard InChI is InChI=1S/C30H34N8O2/c1-35-14-16-37(17-15-35)30(40)24-11-9-23(10-12-24)27-33-28(31-20-22-6-3-2-4-7-22)26-29(34-27)38(21-32-26)19-18-36-13-5-8-25(36)39/h2-4,6-7,9-12,21H,5,8,13-20H2,1H3,(H,31,33,34). The number of carbonyl (C=O) groups is 2. The van der Waals surface area contributed by atoms with E-state index >= 15 is 0 Å². The molecule has 0 atom stereocenters. The minimum absolute atomic E-state index is 0.0516. The summed E-state index contributed by atoms with van der Waals surface area (Å²) in [5, 5.41) is 3.45. The molecule has 0 unspecified atom stereocenters. The fourth-order valence-electron chi connectivity index (χ4n) is 5.26. The van der Waals surface area contributed by atoms with Crippen molar-refractivity contribution in [3.63, 3.8) is 0 Å². The van der Waals surface area contributed by atoms with Crippen molar-refractivity contribution in [2.45, 2.75) is 25.9 Å². The Balaban J connectivity index is 1.28. The van der Waals surface area contributed by atoms with Gasteiger partial charge in [0.1, 0.15) is 5.52 Å². The van der Waals surface area contributed by atoms with Gasteiger partial charge in [-0.15, -0.1) is 0 Å². The third-order valence-corrected chi connectivity index (χ3v) is 7.73. The fraction of sp³-hybridized carbons (Fsp3) is 0.367. The summed E-state index contributed by atoms with van der Waals surface area (Å²) in [6, 6.07) is 17.7. The van der Waals surface area contributed by atoms with E-state index in [-0.39, 0.29) is 11.8 Å². The first-order chi connectivity index (χ1) is 19.5. The molecular weight excluding hydrogens is 504 g/mol. The highest BCUT2D eigenvalue weighted by atomic mass is 16.2. The minimum Gasteiger partial charge on any atom is -0.364 e. The van der Waals surface area contributed by atoms with Gasteiger partial charge in [-0.25, -0.2) is 15.0 Å². The lowest BCUT2D eigenvalue weighted by Gasteiger charge is -2.32. The number of hydrogen-bond acceptors (Lipinski definition) is 7. The average molecular weight is 539 g/mol. The maximum absolute atomic E-state index is 13.0. The number of piperazine rings is 1. The lowest BCUT2D eigenvalue weighted by molar-refractivity contribution is -0.127. The Hall–Kier alpha value is -4.31. The molecule has 0 saturated carbocycles.